The topological polar surface area (TPSA) is 79.4 Å². The molecule has 0 aliphatic rings. The van der Waals surface area contributed by atoms with Gasteiger partial charge in [0.1, 0.15) is 9.22 Å². The number of carbonyl (C=O) groups is 1. The number of thiazole rings is 1. The van der Waals surface area contributed by atoms with E-state index in [-0.39, 0.29) is 10.8 Å². The summed E-state index contributed by atoms with van der Waals surface area (Å²) in [7, 11) is -2.43. The largest absolute Gasteiger partial charge is 0.324 e. The van der Waals surface area contributed by atoms with Gasteiger partial charge in [0.15, 0.2) is 0 Å². The van der Waals surface area contributed by atoms with E-state index in [4.69, 9.17) is 11.6 Å². The molecule has 154 valence electrons. The van der Waals surface area contributed by atoms with Crippen molar-refractivity contribution in [2.75, 3.05) is 18.9 Å². The minimum atomic E-state index is -3.79. The Morgan fingerprint density at radius 2 is 1.80 bits per heavy atom. The molecule has 1 N–H and O–H groups in total. The number of carbonyl (C=O) groups excluding carboxylic acids is 1. The van der Waals surface area contributed by atoms with E-state index in [0.717, 1.165) is 36.4 Å². The van der Waals surface area contributed by atoms with Gasteiger partial charge in [0.25, 0.3) is 10.0 Å². The molecule has 0 fully saturated rings. The zero-order chi connectivity index (χ0) is 21.3. The van der Waals surface area contributed by atoms with Crippen molar-refractivity contribution >= 4 is 66.1 Å². The summed E-state index contributed by atoms with van der Waals surface area (Å²) in [5, 5.41) is 3.59. The summed E-state index contributed by atoms with van der Waals surface area (Å²) in [6, 6.07) is 18.1. The van der Waals surface area contributed by atoms with E-state index in [1.165, 1.54) is 30.5 Å². The summed E-state index contributed by atoms with van der Waals surface area (Å²) in [5.74, 6) is -0.447. The Morgan fingerprint density at radius 3 is 2.53 bits per heavy atom. The molecule has 0 unspecified atom stereocenters. The highest BCUT2D eigenvalue weighted by Crippen LogP contribution is 2.34. The van der Waals surface area contributed by atoms with Gasteiger partial charge in [-0.3, -0.25) is 4.79 Å². The molecule has 2 aromatic carbocycles. The monoisotopic (exact) mass is 477 g/mol. The van der Waals surface area contributed by atoms with Crippen molar-refractivity contribution in [3.8, 4) is 10.6 Å². The molecule has 2 aromatic heterocycles. The van der Waals surface area contributed by atoms with Gasteiger partial charge in [0, 0.05) is 12.6 Å². The molecule has 0 aliphatic carbocycles. The van der Waals surface area contributed by atoms with Gasteiger partial charge in [-0.25, -0.2) is 13.4 Å². The van der Waals surface area contributed by atoms with Gasteiger partial charge >= 0.3 is 0 Å². The predicted octanol–water partition coefficient (Wildman–Crippen LogP) is 4.94. The molecule has 0 spiro atoms. The van der Waals surface area contributed by atoms with Crippen LogP contribution in [-0.2, 0) is 14.8 Å². The predicted molar refractivity (Wildman–Crippen MR) is 123 cm³/mol. The maximum atomic E-state index is 12.6. The van der Waals surface area contributed by atoms with Crippen LogP contribution in [0.5, 0.6) is 0 Å². The van der Waals surface area contributed by atoms with E-state index in [1.807, 2.05) is 36.4 Å². The zero-order valence-electron chi connectivity index (χ0n) is 15.7. The molecule has 0 atom stereocenters. The number of hydrogen-bond acceptors (Lipinski definition) is 6. The van der Waals surface area contributed by atoms with Crippen LogP contribution in [0.15, 0.2) is 64.9 Å². The summed E-state index contributed by atoms with van der Waals surface area (Å²) in [6.07, 6.45) is 0. The van der Waals surface area contributed by atoms with Crippen molar-refractivity contribution in [2.45, 2.75) is 4.21 Å². The lowest BCUT2D eigenvalue weighted by Gasteiger charge is -2.16. The van der Waals surface area contributed by atoms with Crippen molar-refractivity contribution in [1.82, 2.24) is 9.29 Å². The number of aromatic nitrogens is 1. The van der Waals surface area contributed by atoms with Gasteiger partial charge in [-0.2, -0.15) is 4.31 Å². The van der Waals surface area contributed by atoms with E-state index in [2.05, 4.69) is 10.3 Å². The Kier molecular flexibility index (Phi) is 5.90. The Labute approximate surface area is 186 Å². The van der Waals surface area contributed by atoms with Gasteiger partial charge in [0.05, 0.1) is 26.8 Å². The number of halogens is 1. The number of para-hydroxylation sites is 2. The van der Waals surface area contributed by atoms with Crippen LogP contribution in [0.25, 0.3) is 20.8 Å². The number of nitrogens with one attached hydrogen (secondary N) is 1. The smallest absolute Gasteiger partial charge is 0.252 e. The van der Waals surface area contributed by atoms with Crippen LogP contribution >= 0.6 is 34.3 Å². The van der Waals surface area contributed by atoms with Crippen LogP contribution in [0.2, 0.25) is 4.34 Å². The van der Waals surface area contributed by atoms with Gasteiger partial charge < -0.3 is 5.32 Å². The molecule has 0 aliphatic heterocycles. The second kappa shape index (κ2) is 8.44. The molecule has 4 rings (SSSR count). The third-order valence-corrected chi connectivity index (χ3v) is 8.88. The normalized spacial score (nSPS) is 11.8. The van der Waals surface area contributed by atoms with E-state index < -0.39 is 15.9 Å². The number of nitrogens with zero attached hydrogens (tertiary/aromatic N) is 2. The average molecular weight is 478 g/mol. The third kappa shape index (κ3) is 4.26. The molecular weight excluding hydrogens is 462 g/mol. The first-order valence-electron chi connectivity index (χ1n) is 8.81. The van der Waals surface area contributed by atoms with Crippen molar-refractivity contribution in [2.24, 2.45) is 0 Å². The number of sulfonamides is 1. The number of hydrogen-bond donors (Lipinski definition) is 1. The van der Waals surface area contributed by atoms with Crippen LogP contribution in [0.4, 0.5) is 5.69 Å². The van der Waals surface area contributed by atoms with E-state index in [9.17, 15) is 13.2 Å². The van der Waals surface area contributed by atoms with Crippen molar-refractivity contribution in [3.05, 3.63) is 65.0 Å². The first-order valence-corrected chi connectivity index (χ1v) is 12.3. The molecule has 1 amide bonds. The Morgan fingerprint density at radius 1 is 1.07 bits per heavy atom. The van der Waals surface area contributed by atoms with Crippen LogP contribution in [0.3, 0.4) is 0 Å². The fourth-order valence-corrected chi connectivity index (χ4v) is 6.66. The number of benzene rings is 2. The summed E-state index contributed by atoms with van der Waals surface area (Å²) < 4.78 is 27.7. The number of rotatable bonds is 6. The van der Waals surface area contributed by atoms with Gasteiger partial charge in [-0.05, 0) is 36.4 Å². The highest BCUT2D eigenvalue weighted by Gasteiger charge is 2.25. The number of likely N-dealkylation sites (N-methyl/N-ethyl adjacent to an activating group) is 1. The molecule has 0 radical (unpaired) electrons. The van der Waals surface area contributed by atoms with Crippen LogP contribution < -0.4 is 5.32 Å². The maximum absolute atomic E-state index is 12.6. The van der Waals surface area contributed by atoms with Gasteiger partial charge in [-0.1, -0.05) is 35.9 Å². The third-order valence-electron chi connectivity index (χ3n) is 4.30. The minimum absolute atomic E-state index is 0.0951. The number of thiophene rings is 1. The molecular formula is C20H16ClN3O3S3. The fraction of sp³-hybridized carbons (Fsp3) is 0.100. The van der Waals surface area contributed by atoms with Crippen LogP contribution in [0, 0.1) is 0 Å². The number of fused-ring (bicyclic) bond motifs is 1. The molecule has 0 saturated carbocycles. The Hall–Kier alpha value is -2.30. The van der Waals surface area contributed by atoms with Crippen molar-refractivity contribution in [3.63, 3.8) is 0 Å². The summed E-state index contributed by atoms with van der Waals surface area (Å²) >= 11 is 8.32. The van der Waals surface area contributed by atoms with Crippen LogP contribution in [-0.4, -0.2) is 37.2 Å². The molecule has 10 heteroatoms. The standard InChI is InChI=1S/C20H16ClN3O3S3/c1-24(30(26,27)19-11-10-17(21)29-19)12-18(25)22-14-7-3-2-6-13(14)20-23-15-8-4-5-9-16(15)28-20/h2-11H,12H2,1H3,(H,22,25). The minimum Gasteiger partial charge on any atom is -0.324 e. The average Bonchev–Trinajstić information content (AvgIpc) is 3.34. The van der Waals surface area contributed by atoms with Gasteiger partial charge in [-0.15, -0.1) is 22.7 Å². The van der Waals surface area contributed by atoms with Crippen molar-refractivity contribution < 1.29 is 13.2 Å². The lowest BCUT2D eigenvalue weighted by Crippen LogP contribution is -2.34. The first-order chi connectivity index (χ1) is 14.3. The quantitative estimate of drug-likeness (QED) is 0.426. The summed E-state index contributed by atoms with van der Waals surface area (Å²) in [5.41, 5.74) is 2.24. The van der Waals surface area contributed by atoms with Gasteiger partial charge in [0.2, 0.25) is 5.91 Å². The van der Waals surface area contributed by atoms with Crippen LogP contribution in [0.1, 0.15) is 0 Å². The van der Waals surface area contributed by atoms with E-state index >= 15 is 0 Å². The van der Waals surface area contributed by atoms with E-state index in [0.29, 0.717) is 10.0 Å². The Bertz CT molecular complexity index is 1300. The molecule has 0 bridgehead atoms. The number of anilines is 1. The molecule has 4 aromatic rings. The second-order valence-electron chi connectivity index (χ2n) is 6.40. The number of amides is 1. The summed E-state index contributed by atoms with van der Waals surface area (Å²) in [4.78, 5) is 17.2. The SMILES string of the molecule is CN(CC(=O)Nc1ccccc1-c1nc2ccccc2s1)S(=O)(=O)c1ccc(Cl)s1. The maximum Gasteiger partial charge on any atom is 0.252 e. The highest BCUT2D eigenvalue weighted by molar-refractivity contribution is 7.91. The van der Waals surface area contributed by atoms with Crippen molar-refractivity contribution in [1.29, 1.82) is 0 Å². The highest BCUT2D eigenvalue weighted by atomic mass is 35.5. The summed E-state index contributed by atoms with van der Waals surface area (Å²) in [6.45, 7) is -0.327. The first kappa shape index (κ1) is 21.0. The molecule has 6 nitrogen and oxygen atoms in total. The fourth-order valence-electron chi connectivity index (χ4n) is 2.83. The van der Waals surface area contributed by atoms with E-state index in [1.54, 1.807) is 12.1 Å². The molecule has 0 saturated heterocycles. The Balaban J connectivity index is 1.54. The molecule has 2 heterocycles. The second-order valence-corrected chi connectivity index (χ2v) is 11.4. The lowest BCUT2D eigenvalue weighted by molar-refractivity contribution is -0.116. The molecule has 30 heavy (non-hydrogen) atoms. The zero-order valence-corrected chi connectivity index (χ0v) is 18.9. The lowest BCUT2D eigenvalue weighted by atomic mass is 10.2.